The number of sulfone groups is 1. The van der Waals surface area contributed by atoms with Crippen molar-refractivity contribution in [3.05, 3.63) is 29.3 Å². The van der Waals surface area contributed by atoms with E-state index in [0.717, 1.165) is 25.7 Å². The summed E-state index contributed by atoms with van der Waals surface area (Å²) in [5.74, 6) is -0.179. The molecule has 0 bridgehead atoms. The first-order valence-corrected chi connectivity index (χ1v) is 9.71. The average Bonchev–Trinajstić information content (AvgIpc) is 3.32. The van der Waals surface area contributed by atoms with Crippen molar-refractivity contribution in [2.45, 2.75) is 49.6 Å². The van der Waals surface area contributed by atoms with E-state index >= 15 is 0 Å². The van der Waals surface area contributed by atoms with E-state index in [1.54, 1.807) is 0 Å². The number of carbonyl (C=O) groups is 1. The number of nitrogens with zero attached hydrogens (tertiary/aromatic N) is 1. The molecule has 1 aromatic rings. The molecule has 2 fully saturated rings. The highest BCUT2D eigenvalue weighted by molar-refractivity contribution is 7.92. The Labute approximate surface area is 136 Å². The lowest BCUT2D eigenvalue weighted by Crippen LogP contribution is -2.44. The van der Waals surface area contributed by atoms with Crippen molar-refractivity contribution in [3.8, 4) is 0 Å². The maximum absolute atomic E-state index is 12.6. The predicted molar refractivity (Wildman–Crippen MR) is 85.6 cm³/mol. The summed E-state index contributed by atoms with van der Waals surface area (Å²) in [6.07, 6.45) is 4.26. The Morgan fingerprint density at radius 1 is 1.23 bits per heavy atom. The van der Waals surface area contributed by atoms with Crippen LogP contribution in [-0.4, -0.2) is 37.1 Å². The molecule has 22 heavy (non-hydrogen) atoms. The Bertz CT molecular complexity index is 663. The lowest BCUT2D eigenvalue weighted by molar-refractivity contribution is -0.131. The molecule has 1 atom stereocenters. The second-order valence-corrected chi connectivity index (χ2v) is 8.75. The molecule has 3 rings (SSSR count). The van der Waals surface area contributed by atoms with Gasteiger partial charge in [-0.1, -0.05) is 11.6 Å². The van der Waals surface area contributed by atoms with Crippen molar-refractivity contribution in [1.82, 2.24) is 4.90 Å². The molecule has 1 amide bonds. The largest absolute Gasteiger partial charge is 0.336 e. The number of hydrogen-bond acceptors (Lipinski definition) is 3. The normalized spacial score (nSPS) is 19.7. The van der Waals surface area contributed by atoms with Gasteiger partial charge in [0.2, 0.25) is 5.91 Å². The van der Waals surface area contributed by atoms with E-state index in [1.165, 1.54) is 24.3 Å². The van der Waals surface area contributed by atoms with E-state index < -0.39 is 15.6 Å². The molecule has 120 valence electrons. The summed E-state index contributed by atoms with van der Waals surface area (Å²) in [6.45, 7) is 2.04. The fourth-order valence-corrected chi connectivity index (χ4v) is 4.20. The van der Waals surface area contributed by atoms with Crippen LogP contribution in [0.25, 0.3) is 0 Å². The van der Waals surface area contributed by atoms with Gasteiger partial charge < -0.3 is 4.90 Å². The van der Waals surface area contributed by atoms with Crippen LogP contribution in [0.1, 0.15) is 32.6 Å². The van der Waals surface area contributed by atoms with Crippen molar-refractivity contribution in [3.63, 3.8) is 0 Å². The van der Waals surface area contributed by atoms with E-state index in [0.29, 0.717) is 10.9 Å². The number of carbonyl (C=O) groups excluding carboxylic acids is 1. The lowest BCUT2D eigenvalue weighted by Gasteiger charge is -2.29. The molecule has 0 spiro atoms. The van der Waals surface area contributed by atoms with Crippen LogP contribution in [0.5, 0.6) is 0 Å². The molecule has 0 aromatic heterocycles. The van der Waals surface area contributed by atoms with Gasteiger partial charge in [0.1, 0.15) is 5.75 Å². The Hall–Kier alpha value is -1.07. The van der Waals surface area contributed by atoms with Crippen LogP contribution >= 0.6 is 11.6 Å². The van der Waals surface area contributed by atoms with Gasteiger partial charge in [-0.25, -0.2) is 8.42 Å². The highest BCUT2D eigenvalue weighted by atomic mass is 35.5. The molecule has 0 aliphatic heterocycles. The molecule has 2 aliphatic carbocycles. The van der Waals surface area contributed by atoms with Crippen LogP contribution in [-0.2, 0) is 14.6 Å². The Morgan fingerprint density at radius 3 is 2.32 bits per heavy atom. The minimum Gasteiger partial charge on any atom is -0.336 e. The predicted octanol–water partition coefficient (Wildman–Crippen LogP) is 2.90. The van der Waals surface area contributed by atoms with Crippen LogP contribution < -0.4 is 0 Å². The second kappa shape index (κ2) is 5.85. The molecule has 2 saturated carbocycles. The third kappa shape index (κ3) is 3.46. The SMILES string of the molecule is C[C@@H](C1CC1)N(C(=O)CS(=O)(=O)c1ccc(Cl)cc1)C1CC1. The van der Waals surface area contributed by atoms with E-state index in [2.05, 4.69) is 0 Å². The third-order valence-corrected chi connectivity index (χ3v) is 6.33. The molecular weight excluding hydrogens is 322 g/mol. The zero-order valence-electron chi connectivity index (χ0n) is 12.5. The molecule has 6 heteroatoms. The summed E-state index contributed by atoms with van der Waals surface area (Å²) >= 11 is 5.78. The quantitative estimate of drug-likeness (QED) is 0.799. The molecule has 0 radical (unpaired) electrons. The van der Waals surface area contributed by atoms with E-state index in [4.69, 9.17) is 11.6 Å². The minimum absolute atomic E-state index is 0.153. The number of benzene rings is 1. The van der Waals surface area contributed by atoms with Gasteiger partial charge >= 0.3 is 0 Å². The Balaban J connectivity index is 1.75. The Kier molecular flexibility index (Phi) is 4.21. The maximum Gasteiger partial charge on any atom is 0.238 e. The fourth-order valence-electron chi connectivity index (χ4n) is 2.88. The van der Waals surface area contributed by atoms with Crippen molar-refractivity contribution in [2.24, 2.45) is 5.92 Å². The minimum atomic E-state index is -3.62. The van der Waals surface area contributed by atoms with E-state index in [1.807, 2.05) is 11.8 Å². The van der Waals surface area contributed by atoms with Crippen LogP contribution in [0.2, 0.25) is 5.02 Å². The molecule has 0 heterocycles. The average molecular weight is 342 g/mol. The van der Waals surface area contributed by atoms with E-state index in [9.17, 15) is 13.2 Å². The van der Waals surface area contributed by atoms with Gasteiger partial charge in [0, 0.05) is 17.1 Å². The summed E-state index contributed by atoms with van der Waals surface area (Å²) in [5, 5.41) is 0.479. The fraction of sp³-hybridized carbons (Fsp3) is 0.562. The van der Waals surface area contributed by atoms with Crippen LogP contribution in [0, 0.1) is 5.92 Å². The zero-order valence-corrected chi connectivity index (χ0v) is 14.1. The van der Waals surface area contributed by atoms with Gasteiger partial charge in [-0.15, -0.1) is 0 Å². The summed E-state index contributed by atoms with van der Waals surface area (Å²) in [6, 6.07) is 6.37. The van der Waals surface area contributed by atoms with Crippen molar-refractivity contribution >= 4 is 27.3 Å². The molecular formula is C16H20ClNO3S. The first-order chi connectivity index (χ1) is 10.4. The van der Waals surface area contributed by atoms with Gasteiger partial charge in [0.05, 0.1) is 4.90 Å². The standard InChI is InChI=1S/C16H20ClNO3S/c1-11(12-2-3-12)18(14-6-7-14)16(19)10-22(20,21)15-8-4-13(17)5-9-15/h4-5,8-9,11-12,14H,2-3,6-7,10H2,1H3/t11-/m0/s1. The van der Waals surface area contributed by atoms with E-state index in [-0.39, 0.29) is 22.9 Å². The third-order valence-electron chi connectivity index (χ3n) is 4.46. The smallest absolute Gasteiger partial charge is 0.238 e. The summed E-state index contributed by atoms with van der Waals surface area (Å²) in [5.41, 5.74) is 0. The summed E-state index contributed by atoms with van der Waals surface area (Å²) in [4.78, 5) is 14.6. The maximum atomic E-state index is 12.6. The van der Waals surface area contributed by atoms with Crippen molar-refractivity contribution in [1.29, 1.82) is 0 Å². The summed E-state index contributed by atoms with van der Waals surface area (Å²) in [7, 11) is -3.62. The topological polar surface area (TPSA) is 54.5 Å². The van der Waals surface area contributed by atoms with Gasteiger partial charge in [-0.05, 0) is 62.8 Å². The van der Waals surface area contributed by atoms with Crippen LogP contribution in [0.4, 0.5) is 0 Å². The molecule has 2 aliphatic rings. The Morgan fingerprint density at radius 2 is 1.82 bits per heavy atom. The highest BCUT2D eigenvalue weighted by Gasteiger charge is 2.42. The number of hydrogen-bond donors (Lipinski definition) is 0. The molecule has 4 nitrogen and oxygen atoms in total. The zero-order chi connectivity index (χ0) is 15.9. The second-order valence-electron chi connectivity index (χ2n) is 6.32. The first kappa shape index (κ1) is 15.8. The molecule has 0 saturated heterocycles. The van der Waals surface area contributed by atoms with Crippen molar-refractivity contribution < 1.29 is 13.2 Å². The first-order valence-electron chi connectivity index (χ1n) is 7.68. The molecule has 1 aromatic carbocycles. The van der Waals surface area contributed by atoms with Gasteiger partial charge in [0.15, 0.2) is 9.84 Å². The number of halogens is 1. The number of amides is 1. The highest BCUT2D eigenvalue weighted by Crippen LogP contribution is 2.39. The van der Waals surface area contributed by atoms with Crippen LogP contribution in [0.15, 0.2) is 29.2 Å². The van der Waals surface area contributed by atoms with Crippen LogP contribution in [0.3, 0.4) is 0 Å². The molecule has 0 N–H and O–H groups in total. The van der Waals surface area contributed by atoms with Gasteiger partial charge in [0.25, 0.3) is 0 Å². The van der Waals surface area contributed by atoms with Gasteiger partial charge in [-0.3, -0.25) is 4.79 Å². The van der Waals surface area contributed by atoms with Gasteiger partial charge in [-0.2, -0.15) is 0 Å². The lowest BCUT2D eigenvalue weighted by atomic mass is 10.2. The monoisotopic (exact) mass is 341 g/mol. The number of rotatable bonds is 6. The molecule has 0 unspecified atom stereocenters. The van der Waals surface area contributed by atoms with Crippen molar-refractivity contribution in [2.75, 3.05) is 5.75 Å². The summed E-state index contributed by atoms with van der Waals surface area (Å²) < 4.78 is 24.8.